The molecule has 0 radical (unpaired) electrons. The van der Waals surface area contributed by atoms with Crippen LogP contribution in [0.2, 0.25) is 0 Å². The number of hydrogen-bond acceptors (Lipinski definition) is 2. The number of rotatable bonds is 3. The van der Waals surface area contributed by atoms with Crippen LogP contribution in [0.25, 0.3) is 11.4 Å². The molecule has 2 aliphatic rings. The molecule has 1 aromatic heterocycles. The van der Waals surface area contributed by atoms with Crippen LogP contribution in [0.3, 0.4) is 0 Å². The normalized spacial score (nSPS) is 24.3. The number of benzene rings is 2. The lowest BCUT2D eigenvalue weighted by atomic mass is 9.76. The molecule has 3 heteroatoms. The second-order valence-electron chi connectivity index (χ2n) is 7.33. The molecule has 5 rings (SSSR count). The minimum absolute atomic E-state index is 0.186. The van der Waals surface area contributed by atoms with Crippen LogP contribution in [0.15, 0.2) is 60.9 Å². The van der Waals surface area contributed by atoms with Crippen LogP contribution in [0.5, 0.6) is 0 Å². The Morgan fingerprint density at radius 3 is 2.80 bits per heavy atom. The Hall–Kier alpha value is -2.39. The smallest absolute Gasteiger partial charge is 0.141 e. The van der Waals surface area contributed by atoms with E-state index < -0.39 is 0 Å². The highest BCUT2D eigenvalue weighted by Crippen LogP contribution is 2.50. The lowest BCUT2D eigenvalue weighted by Crippen LogP contribution is -2.35. The van der Waals surface area contributed by atoms with Gasteiger partial charge < -0.3 is 9.30 Å². The molecule has 2 unspecified atom stereocenters. The van der Waals surface area contributed by atoms with Crippen LogP contribution in [-0.2, 0) is 10.3 Å². The molecule has 2 atom stereocenters. The molecule has 0 aliphatic carbocycles. The number of aromatic nitrogens is 2. The van der Waals surface area contributed by atoms with Gasteiger partial charge in [-0.2, -0.15) is 0 Å². The van der Waals surface area contributed by atoms with Gasteiger partial charge in [-0.1, -0.05) is 54.1 Å². The molecule has 1 saturated heterocycles. The van der Waals surface area contributed by atoms with Gasteiger partial charge in [0.05, 0.1) is 5.54 Å². The zero-order valence-electron chi connectivity index (χ0n) is 14.5. The Balaban J connectivity index is 1.77. The van der Waals surface area contributed by atoms with Gasteiger partial charge in [0.1, 0.15) is 5.82 Å². The predicted octanol–water partition coefficient (Wildman–Crippen LogP) is 4.39. The monoisotopic (exact) mass is 330 g/mol. The van der Waals surface area contributed by atoms with Crippen molar-refractivity contribution in [2.75, 3.05) is 13.2 Å². The molecule has 3 heterocycles. The number of nitrogens with zero attached hydrogens (tertiary/aromatic N) is 2. The summed E-state index contributed by atoms with van der Waals surface area (Å²) in [7, 11) is 0. The van der Waals surface area contributed by atoms with Crippen LogP contribution in [0.4, 0.5) is 0 Å². The minimum Gasteiger partial charge on any atom is -0.381 e. The second-order valence-corrected chi connectivity index (χ2v) is 7.33. The van der Waals surface area contributed by atoms with Crippen molar-refractivity contribution >= 4 is 0 Å². The molecule has 3 aromatic rings. The van der Waals surface area contributed by atoms with E-state index >= 15 is 0 Å². The van der Waals surface area contributed by atoms with Crippen molar-refractivity contribution in [1.29, 1.82) is 0 Å². The van der Waals surface area contributed by atoms with Crippen LogP contribution in [0, 0.1) is 12.8 Å². The Morgan fingerprint density at radius 1 is 1.16 bits per heavy atom. The second kappa shape index (κ2) is 5.57. The summed E-state index contributed by atoms with van der Waals surface area (Å²) in [5, 5.41) is 0. The van der Waals surface area contributed by atoms with Gasteiger partial charge in [-0.15, -0.1) is 0 Å². The molecule has 0 N–H and O–H groups in total. The van der Waals surface area contributed by atoms with Crippen molar-refractivity contribution in [3.8, 4) is 11.4 Å². The average molecular weight is 330 g/mol. The number of fused-ring (bicyclic) bond motifs is 3. The maximum atomic E-state index is 5.70. The van der Waals surface area contributed by atoms with Crippen molar-refractivity contribution in [3.05, 3.63) is 77.6 Å². The topological polar surface area (TPSA) is 27.1 Å². The summed E-state index contributed by atoms with van der Waals surface area (Å²) in [5.74, 6) is 1.65. The van der Waals surface area contributed by atoms with Crippen LogP contribution < -0.4 is 0 Å². The van der Waals surface area contributed by atoms with Gasteiger partial charge in [0.25, 0.3) is 0 Å². The van der Waals surface area contributed by atoms with Crippen LogP contribution in [0.1, 0.15) is 29.5 Å². The molecule has 0 bridgehead atoms. The molecular weight excluding hydrogens is 308 g/mol. The summed E-state index contributed by atoms with van der Waals surface area (Å²) in [6, 6.07) is 17.8. The highest BCUT2D eigenvalue weighted by atomic mass is 16.5. The predicted molar refractivity (Wildman–Crippen MR) is 98.6 cm³/mol. The average Bonchev–Trinajstić information content (AvgIpc) is 3.36. The maximum Gasteiger partial charge on any atom is 0.141 e. The lowest BCUT2D eigenvalue weighted by molar-refractivity contribution is 0.177. The fourth-order valence-electron chi connectivity index (χ4n) is 4.59. The first-order chi connectivity index (χ1) is 12.3. The van der Waals surface area contributed by atoms with Crippen molar-refractivity contribution in [2.24, 2.45) is 5.92 Å². The van der Waals surface area contributed by atoms with Gasteiger partial charge >= 0.3 is 0 Å². The van der Waals surface area contributed by atoms with E-state index in [9.17, 15) is 0 Å². The molecule has 0 saturated carbocycles. The highest BCUT2D eigenvalue weighted by molar-refractivity contribution is 5.71. The van der Waals surface area contributed by atoms with Crippen molar-refractivity contribution in [2.45, 2.75) is 25.3 Å². The molecule has 1 fully saturated rings. The summed E-state index contributed by atoms with van der Waals surface area (Å²) in [4.78, 5) is 4.68. The molecule has 126 valence electrons. The molecule has 25 heavy (non-hydrogen) atoms. The Bertz CT molecular complexity index is 906. The number of hydrogen-bond donors (Lipinski definition) is 0. The largest absolute Gasteiger partial charge is 0.381 e. The summed E-state index contributed by atoms with van der Waals surface area (Å²) in [5.41, 5.74) is 5.07. The number of ether oxygens (including phenoxy) is 1. The maximum absolute atomic E-state index is 5.70. The van der Waals surface area contributed by atoms with E-state index in [0.717, 1.165) is 31.9 Å². The number of aryl methyl sites for hydroxylation is 1. The van der Waals surface area contributed by atoms with Gasteiger partial charge in [-0.25, -0.2) is 4.98 Å². The first-order valence-corrected chi connectivity index (χ1v) is 9.07. The summed E-state index contributed by atoms with van der Waals surface area (Å²) in [6.07, 6.45) is 6.26. The Morgan fingerprint density at radius 2 is 2.00 bits per heavy atom. The minimum atomic E-state index is -0.186. The van der Waals surface area contributed by atoms with Crippen LogP contribution >= 0.6 is 0 Å². The molecule has 3 nitrogen and oxygen atoms in total. The van der Waals surface area contributed by atoms with E-state index in [1.807, 2.05) is 6.20 Å². The van der Waals surface area contributed by atoms with Crippen molar-refractivity contribution in [3.63, 3.8) is 0 Å². The van der Waals surface area contributed by atoms with E-state index in [1.54, 1.807) is 0 Å². The van der Waals surface area contributed by atoms with Gasteiger partial charge in [0.15, 0.2) is 0 Å². The molecule has 2 aromatic carbocycles. The highest BCUT2D eigenvalue weighted by Gasteiger charge is 2.46. The van der Waals surface area contributed by atoms with Crippen molar-refractivity contribution < 1.29 is 4.74 Å². The molecule has 0 spiro atoms. The van der Waals surface area contributed by atoms with E-state index in [4.69, 9.17) is 4.74 Å². The SMILES string of the molecule is Cc1ccc(C2(CC3CCOC3)c3ccccc3-c3nccn32)cc1. The first-order valence-electron chi connectivity index (χ1n) is 9.07. The quantitative estimate of drug-likeness (QED) is 0.712. The summed E-state index contributed by atoms with van der Waals surface area (Å²) >= 11 is 0. The third-order valence-electron chi connectivity index (χ3n) is 5.80. The Labute approximate surface area is 148 Å². The standard InChI is InChI=1S/C22H22N2O/c1-16-6-8-18(9-7-16)22(14-17-10-13-25-15-17)20-5-3-2-4-19(20)21-23-11-12-24(21)22/h2-9,11-12,17H,10,13-15H2,1H3. The fraction of sp³-hybridized carbons (Fsp3) is 0.318. The van der Waals surface area contributed by atoms with Crippen molar-refractivity contribution in [1.82, 2.24) is 9.55 Å². The van der Waals surface area contributed by atoms with E-state index in [1.165, 1.54) is 22.3 Å². The molecule has 0 amide bonds. The lowest BCUT2D eigenvalue weighted by Gasteiger charge is -2.35. The fourth-order valence-corrected chi connectivity index (χ4v) is 4.59. The third kappa shape index (κ3) is 2.12. The van der Waals surface area contributed by atoms with E-state index in [2.05, 4.69) is 71.2 Å². The third-order valence-corrected chi connectivity index (χ3v) is 5.80. The first kappa shape index (κ1) is 14.9. The van der Waals surface area contributed by atoms with Gasteiger partial charge in [0, 0.05) is 31.2 Å². The molecular formula is C22H22N2O. The van der Waals surface area contributed by atoms with Gasteiger partial charge in [-0.05, 0) is 36.8 Å². The Kier molecular flexibility index (Phi) is 3.32. The molecule has 2 aliphatic heterocycles. The zero-order valence-corrected chi connectivity index (χ0v) is 14.5. The van der Waals surface area contributed by atoms with Gasteiger partial charge in [-0.3, -0.25) is 0 Å². The summed E-state index contributed by atoms with van der Waals surface area (Å²) in [6.45, 7) is 3.89. The number of imidazole rings is 1. The van der Waals surface area contributed by atoms with E-state index in [0.29, 0.717) is 5.92 Å². The van der Waals surface area contributed by atoms with Crippen LogP contribution in [-0.4, -0.2) is 22.8 Å². The van der Waals surface area contributed by atoms with Gasteiger partial charge in [0.2, 0.25) is 0 Å². The van der Waals surface area contributed by atoms with E-state index in [-0.39, 0.29) is 5.54 Å². The zero-order chi connectivity index (χ0) is 16.9. The summed E-state index contributed by atoms with van der Waals surface area (Å²) < 4.78 is 8.09.